The molecule has 2 heterocycles. The van der Waals surface area contributed by atoms with Crippen molar-refractivity contribution < 1.29 is 9.53 Å². The molecule has 0 aliphatic heterocycles. The van der Waals surface area contributed by atoms with Gasteiger partial charge in [-0.15, -0.1) is 0 Å². The van der Waals surface area contributed by atoms with Crippen molar-refractivity contribution in [3.05, 3.63) is 24.4 Å². The van der Waals surface area contributed by atoms with E-state index in [9.17, 15) is 4.79 Å². The maximum absolute atomic E-state index is 11.2. The van der Waals surface area contributed by atoms with Crippen LogP contribution >= 0.6 is 23.3 Å². The molecule has 2 rings (SSSR count). The fourth-order valence-electron chi connectivity index (χ4n) is 0.898. The van der Waals surface area contributed by atoms with Crippen LogP contribution in [0.5, 0.6) is 0 Å². The van der Waals surface area contributed by atoms with Crippen LogP contribution in [0, 0.1) is 0 Å². The van der Waals surface area contributed by atoms with Crippen molar-refractivity contribution in [3.63, 3.8) is 0 Å². The van der Waals surface area contributed by atoms with Crippen LogP contribution in [0.25, 0.3) is 0 Å². The Balaban J connectivity index is 2.19. The summed E-state index contributed by atoms with van der Waals surface area (Å²) in [5, 5.41) is 0.583. The van der Waals surface area contributed by atoms with Gasteiger partial charge in [-0.05, 0) is 23.3 Å². The van der Waals surface area contributed by atoms with Crippen LogP contribution in [-0.4, -0.2) is 32.4 Å². The molecule has 0 atom stereocenters. The second-order valence-corrected chi connectivity index (χ2v) is 4.59. The maximum atomic E-state index is 11.2. The highest BCUT2D eigenvalue weighted by atomic mass is 32.2. The molecule has 0 spiro atoms. The van der Waals surface area contributed by atoms with Gasteiger partial charge in [-0.2, -0.15) is 4.37 Å². The van der Waals surface area contributed by atoms with Gasteiger partial charge in [0.25, 0.3) is 0 Å². The van der Waals surface area contributed by atoms with Gasteiger partial charge >= 0.3 is 5.97 Å². The molecule has 2 aromatic rings. The second-order valence-electron chi connectivity index (χ2n) is 2.54. The molecule has 0 fully saturated rings. The summed E-state index contributed by atoms with van der Waals surface area (Å²) in [7, 11) is 1.30. The molecule has 0 aliphatic carbocycles. The quantitative estimate of drug-likeness (QED) is 0.763. The second kappa shape index (κ2) is 4.99. The van der Waals surface area contributed by atoms with Crippen LogP contribution in [0.15, 0.2) is 28.1 Å². The summed E-state index contributed by atoms with van der Waals surface area (Å²) in [6.07, 6.45) is 4.37. The van der Waals surface area contributed by atoms with Gasteiger partial charge in [0.05, 0.1) is 19.5 Å². The first kappa shape index (κ1) is 11.0. The number of carbonyl (C=O) groups is 1. The number of hydrogen-bond donors (Lipinski definition) is 0. The van der Waals surface area contributed by atoms with Crippen molar-refractivity contribution in [1.29, 1.82) is 0 Å². The van der Waals surface area contributed by atoms with E-state index >= 15 is 0 Å². The molecule has 6 nitrogen and oxygen atoms in total. The van der Waals surface area contributed by atoms with Crippen molar-refractivity contribution in [3.8, 4) is 0 Å². The van der Waals surface area contributed by atoms with E-state index in [4.69, 9.17) is 0 Å². The summed E-state index contributed by atoms with van der Waals surface area (Å²) in [5.74, 6) is -0.507. The van der Waals surface area contributed by atoms with Gasteiger partial charge in [-0.1, -0.05) is 0 Å². The number of aromatic nitrogens is 4. The van der Waals surface area contributed by atoms with E-state index in [0.717, 1.165) is 4.34 Å². The lowest BCUT2D eigenvalue weighted by molar-refractivity contribution is 0.0592. The average Bonchev–Trinajstić information content (AvgIpc) is 2.81. The van der Waals surface area contributed by atoms with Crippen molar-refractivity contribution in [2.75, 3.05) is 7.11 Å². The maximum Gasteiger partial charge on any atom is 0.358 e. The van der Waals surface area contributed by atoms with Gasteiger partial charge in [-0.3, -0.25) is 4.98 Å². The lowest BCUT2D eigenvalue weighted by atomic mass is 10.5. The summed E-state index contributed by atoms with van der Waals surface area (Å²) >= 11 is 2.56. The smallest absolute Gasteiger partial charge is 0.358 e. The predicted octanol–water partition coefficient (Wildman–Crippen LogP) is 1.27. The van der Waals surface area contributed by atoms with Gasteiger partial charge in [-0.25, -0.2) is 14.8 Å². The molecular weight excluding hydrogens is 248 g/mol. The number of nitrogens with zero attached hydrogens (tertiary/aromatic N) is 4. The Labute approximate surface area is 99.3 Å². The number of ether oxygens (including phenoxy) is 1. The lowest BCUT2D eigenvalue weighted by Gasteiger charge is -1.99. The topological polar surface area (TPSA) is 77.9 Å². The van der Waals surface area contributed by atoms with Crippen LogP contribution in [0.4, 0.5) is 0 Å². The summed E-state index contributed by atoms with van der Waals surface area (Å²) in [6, 6.07) is 0. The van der Waals surface area contributed by atoms with Crippen molar-refractivity contribution in [1.82, 2.24) is 19.3 Å². The number of rotatable bonds is 3. The van der Waals surface area contributed by atoms with Gasteiger partial charge in [0.1, 0.15) is 11.4 Å². The molecule has 0 amide bonds. The van der Waals surface area contributed by atoms with Gasteiger partial charge in [0.2, 0.25) is 0 Å². The van der Waals surface area contributed by atoms with E-state index < -0.39 is 5.97 Å². The van der Waals surface area contributed by atoms with Crippen LogP contribution in [0.3, 0.4) is 0 Å². The van der Waals surface area contributed by atoms with E-state index in [2.05, 4.69) is 24.1 Å². The van der Waals surface area contributed by atoms with E-state index in [-0.39, 0.29) is 5.69 Å². The summed E-state index contributed by atoms with van der Waals surface area (Å²) in [5.41, 5.74) is 0.178. The van der Waals surface area contributed by atoms with Crippen molar-refractivity contribution in [2.45, 2.75) is 9.37 Å². The predicted molar refractivity (Wildman–Crippen MR) is 57.4 cm³/mol. The molecule has 2 aromatic heterocycles. The first-order valence-corrected chi connectivity index (χ1v) is 5.73. The Morgan fingerprint density at radius 3 is 3.06 bits per heavy atom. The van der Waals surface area contributed by atoms with Gasteiger partial charge in [0.15, 0.2) is 10.0 Å². The zero-order valence-corrected chi connectivity index (χ0v) is 9.79. The fourth-order valence-corrected chi connectivity index (χ4v) is 2.25. The first-order valence-electron chi connectivity index (χ1n) is 4.14. The largest absolute Gasteiger partial charge is 0.464 e. The molecule has 0 radical (unpaired) electrons. The van der Waals surface area contributed by atoms with Crippen molar-refractivity contribution in [2.24, 2.45) is 0 Å². The molecule has 82 valence electrons. The first-order chi connectivity index (χ1) is 7.79. The van der Waals surface area contributed by atoms with Crippen molar-refractivity contribution >= 4 is 29.3 Å². The Morgan fingerprint density at radius 1 is 1.50 bits per heavy atom. The Hall–Kier alpha value is -1.54. The Morgan fingerprint density at radius 2 is 2.38 bits per heavy atom. The number of carbonyl (C=O) groups excluding carboxylic acids is 1. The summed E-state index contributed by atoms with van der Waals surface area (Å²) < 4.78 is 9.16. The number of esters is 1. The Kier molecular flexibility index (Phi) is 3.42. The van der Waals surface area contributed by atoms with Gasteiger partial charge in [0, 0.05) is 0 Å². The summed E-state index contributed by atoms with van der Waals surface area (Å²) in [6.45, 7) is 0. The van der Waals surface area contributed by atoms with Crippen LogP contribution in [0.1, 0.15) is 10.5 Å². The SMILES string of the molecule is COC(=O)c1cncc(Sc2ncns2)n1. The van der Waals surface area contributed by atoms with E-state index in [0.29, 0.717) is 5.03 Å². The molecule has 0 saturated carbocycles. The number of methoxy groups -OCH3 is 1. The molecule has 0 aromatic carbocycles. The number of hydrogen-bond acceptors (Lipinski definition) is 8. The molecule has 0 N–H and O–H groups in total. The minimum absolute atomic E-state index is 0.178. The molecule has 0 bridgehead atoms. The molecule has 16 heavy (non-hydrogen) atoms. The fraction of sp³-hybridized carbons (Fsp3) is 0.125. The zero-order valence-electron chi connectivity index (χ0n) is 8.15. The molecule has 0 aliphatic rings. The molecule has 0 unspecified atom stereocenters. The minimum Gasteiger partial charge on any atom is -0.464 e. The zero-order chi connectivity index (χ0) is 11.4. The highest BCUT2D eigenvalue weighted by Crippen LogP contribution is 2.25. The Bertz CT molecular complexity index is 489. The third-order valence-electron chi connectivity index (χ3n) is 1.54. The third kappa shape index (κ3) is 2.52. The van der Waals surface area contributed by atoms with E-state index in [1.165, 1.54) is 42.9 Å². The highest BCUT2D eigenvalue weighted by molar-refractivity contribution is 8.00. The monoisotopic (exact) mass is 254 g/mol. The summed E-state index contributed by atoms with van der Waals surface area (Å²) in [4.78, 5) is 23.2. The van der Waals surface area contributed by atoms with E-state index in [1.807, 2.05) is 0 Å². The van der Waals surface area contributed by atoms with Gasteiger partial charge < -0.3 is 4.74 Å². The highest BCUT2D eigenvalue weighted by Gasteiger charge is 2.10. The third-order valence-corrected chi connectivity index (χ3v) is 3.16. The van der Waals surface area contributed by atoms with Crippen LogP contribution in [0.2, 0.25) is 0 Å². The minimum atomic E-state index is -0.507. The van der Waals surface area contributed by atoms with Crippen LogP contribution in [-0.2, 0) is 4.74 Å². The standard InChI is InChI=1S/C8H6N4O2S2/c1-14-7(13)5-2-9-3-6(12-5)15-8-10-4-11-16-8/h2-4H,1H3. The average molecular weight is 254 g/mol. The van der Waals surface area contributed by atoms with Crippen LogP contribution < -0.4 is 0 Å². The normalized spacial score (nSPS) is 10.1. The molecule has 8 heteroatoms. The van der Waals surface area contributed by atoms with E-state index in [1.54, 1.807) is 6.20 Å². The molecule has 0 saturated heterocycles. The lowest BCUT2D eigenvalue weighted by Crippen LogP contribution is -2.05. The molecular formula is C8H6N4O2S2.